The summed E-state index contributed by atoms with van der Waals surface area (Å²) < 4.78 is 33.6. The van der Waals surface area contributed by atoms with Crippen LogP contribution in [0, 0.1) is 19.8 Å². The number of carbonyl (C=O) groups excluding carboxylic acids is 1. The first-order valence-electron chi connectivity index (χ1n) is 8.67. The van der Waals surface area contributed by atoms with Crippen LogP contribution in [0.15, 0.2) is 17.0 Å². The normalized spacial score (nSPS) is 24.2. The van der Waals surface area contributed by atoms with Crippen LogP contribution in [0.1, 0.15) is 30.9 Å². The fraction of sp³-hybridized carbons (Fsp3) is 0.611. The number of sulfonamides is 1. The number of hydrogen-bond donors (Lipinski definition) is 0. The predicted octanol–water partition coefficient (Wildman–Crippen LogP) is 1.94. The highest BCUT2D eigenvalue weighted by molar-refractivity contribution is 7.89. The van der Waals surface area contributed by atoms with Gasteiger partial charge >= 0.3 is 0 Å². The van der Waals surface area contributed by atoms with E-state index in [1.54, 1.807) is 35.4 Å². The van der Waals surface area contributed by atoms with Gasteiger partial charge in [-0.3, -0.25) is 4.79 Å². The molecule has 0 unspecified atom stereocenters. The maximum absolute atomic E-state index is 13.4. The Bertz CT molecular complexity index is 791. The summed E-state index contributed by atoms with van der Waals surface area (Å²) in [5.41, 5.74) is 1.57. The number of methoxy groups -OCH3 is 1. The Morgan fingerprint density at radius 3 is 2.48 bits per heavy atom. The highest BCUT2D eigenvalue weighted by Crippen LogP contribution is 2.35. The van der Waals surface area contributed by atoms with Gasteiger partial charge < -0.3 is 9.64 Å². The Labute approximate surface area is 149 Å². The minimum absolute atomic E-state index is 0.0209. The monoisotopic (exact) mass is 366 g/mol. The lowest BCUT2D eigenvalue weighted by Crippen LogP contribution is -2.47. The van der Waals surface area contributed by atoms with E-state index in [1.807, 2.05) is 13.8 Å². The van der Waals surface area contributed by atoms with Gasteiger partial charge in [-0.05, 0) is 55.9 Å². The van der Waals surface area contributed by atoms with Gasteiger partial charge in [0.05, 0.1) is 12.0 Å². The first-order chi connectivity index (χ1) is 11.8. The van der Waals surface area contributed by atoms with Crippen molar-refractivity contribution in [2.75, 3.05) is 26.7 Å². The molecule has 3 heterocycles. The number of amides is 1. The number of rotatable bonds is 3. The lowest BCUT2D eigenvalue weighted by Gasteiger charge is -2.35. The van der Waals surface area contributed by atoms with Crippen LogP contribution < -0.4 is 4.74 Å². The maximum Gasteiger partial charge on any atom is 0.243 e. The summed E-state index contributed by atoms with van der Waals surface area (Å²) in [6, 6.07) is 3.21. The average Bonchev–Trinajstić information content (AvgIpc) is 2.89. The van der Waals surface area contributed by atoms with Gasteiger partial charge in [0.2, 0.25) is 15.9 Å². The van der Waals surface area contributed by atoms with Crippen molar-refractivity contribution in [3.05, 3.63) is 23.3 Å². The summed E-state index contributed by atoms with van der Waals surface area (Å²) in [6.07, 6.45) is 1.78. The second kappa shape index (κ2) is 6.61. The largest absolute Gasteiger partial charge is 0.496 e. The van der Waals surface area contributed by atoms with Crippen LogP contribution in [0.2, 0.25) is 0 Å². The first kappa shape index (κ1) is 18.2. The molecule has 0 saturated carbocycles. The number of ether oxygens (including phenoxy) is 1. The zero-order valence-electron chi connectivity index (χ0n) is 15.3. The standard InChI is InChI=1S/C18H26N2O4S/c1-12-13(2)18(8-7-17(12)24-4)25(22,23)20-10-15-5-6-16(20)11-19(9-15)14(3)21/h7-8,15-16H,5-6,9-11H2,1-4H3/t15-,16+/m0/s1. The number of hydrogen-bond acceptors (Lipinski definition) is 4. The molecule has 0 spiro atoms. The topological polar surface area (TPSA) is 66.9 Å². The van der Waals surface area contributed by atoms with Gasteiger partial charge in [-0.1, -0.05) is 0 Å². The third kappa shape index (κ3) is 3.15. The summed E-state index contributed by atoms with van der Waals surface area (Å²) >= 11 is 0. The summed E-state index contributed by atoms with van der Waals surface area (Å²) in [7, 11) is -2.02. The van der Waals surface area contributed by atoms with Crippen LogP contribution in [0.5, 0.6) is 5.75 Å². The summed E-state index contributed by atoms with van der Waals surface area (Å²) in [5.74, 6) is 0.918. The van der Waals surface area contributed by atoms with Crippen molar-refractivity contribution >= 4 is 15.9 Å². The Morgan fingerprint density at radius 2 is 1.84 bits per heavy atom. The molecule has 4 rings (SSSR count). The Morgan fingerprint density at radius 1 is 1.12 bits per heavy atom. The molecule has 1 aromatic rings. The van der Waals surface area contributed by atoms with E-state index >= 15 is 0 Å². The lowest BCUT2D eigenvalue weighted by molar-refractivity contribution is -0.129. The molecule has 3 aliphatic heterocycles. The minimum atomic E-state index is -3.60. The minimum Gasteiger partial charge on any atom is -0.496 e. The zero-order valence-corrected chi connectivity index (χ0v) is 16.1. The number of carbonyl (C=O) groups is 1. The van der Waals surface area contributed by atoms with Crippen molar-refractivity contribution in [2.45, 2.75) is 44.6 Å². The van der Waals surface area contributed by atoms with E-state index in [9.17, 15) is 13.2 Å². The molecule has 7 heteroatoms. The van der Waals surface area contributed by atoms with Gasteiger partial charge in [0.25, 0.3) is 0 Å². The number of nitrogens with zero attached hydrogens (tertiary/aromatic N) is 2. The molecule has 1 amide bonds. The van der Waals surface area contributed by atoms with Crippen molar-refractivity contribution in [2.24, 2.45) is 5.92 Å². The van der Waals surface area contributed by atoms with E-state index in [-0.39, 0.29) is 17.9 Å². The van der Waals surface area contributed by atoms with Crippen LogP contribution >= 0.6 is 0 Å². The third-order valence-corrected chi connectivity index (χ3v) is 7.67. The van der Waals surface area contributed by atoms with Crippen LogP contribution in [-0.4, -0.2) is 56.3 Å². The molecule has 138 valence electrons. The van der Waals surface area contributed by atoms with Gasteiger partial charge in [-0.25, -0.2) is 8.42 Å². The third-order valence-electron chi connectivity index (χ3n) is 5.60. The van der Waals surface area contributed by atoms with E-state index in [1.165, 1.54) is 0 Å². The van der Waals surface area contributed by atoms with Gasteiger partial charge in [-0.15, -0.1) is 0 Å². The molecular weight excluding hydrogens is 340 g/mol. The number of piperidine rings is 1. The lowest BCUT2D eigenvalue weighted by atomic mass is 9.97. The summed E-state index contributed by atoms with van der Waals surface area (Å²) in [5, 5.41) is 0. The van der Waals surface area contributed by atoms with Crippen molar-refractivity contribution < 1.29 is 17.9 Å². The van der Waals surface area contributed by atoms with Gasteiger partial charge in [0.15, 0.2) is 0 Å². The van der Waals surface area contributed by atoms with Crippen molar-refractivity contribution in [1.29, 1.82) is 0 Å². The quantitative estimate of drug-likeness (QED) is 0.820. The summed E-state index contributed by atoms with van der Waals surface area (Å²) in [4.78, 5) is 13.9. The SMILES string of the molecule is COc1ccc(S(=O)(=O)N2C[C@H]3CC[C@@H]2CN(C(C)=O)C3)c(C)c1C. The molecule has 0 aliphatic carbocycles. The molecule has 3 saturated heterocycles. The molecule has 1 aromatic carbocycles. The van der Waals surface area contributed by atoms with Crippen LogP contribution in [-0.2, 0) is 14.8 Å². The molecule has 3 fully saturated rings. The Kier molecular flexibility index (Phi) is 4.81. The van der Waals surface area contributed by atoms with Gasteiger partial charge in [0.1, 0.15) is 5.75 Å². The fourth-order valence-electron chi connectivity index (χ4n) is 3.99. The number of benzene rings is 1. The second-order valence-corrected chi connectivity index (χ2v) is 8.97. The van der Waals surface area contributed by atoms with Crippen molar-refractivity contribution in [3.8, 4) is 5.75 Å². The van der Waals surface area contributed by atoms with Crippen molar-refractivity contribution in [3.63, 3.8) is 0 Å². The molecule has 6 nitrogen and oxygen atoms in total. The maximum atomic E-state index is 13.4. The molecule has 0 N–H and O–H groups in total. The molecule has 2 atom stereocenters. The Hall–Kier alpha value is -1.60. The van der Waals surface area contributed by atoms with Crippen LogP contribution in [0.3, 0.4) is 0 Å². The highest BCUT2D eigenvalue weighted by atomic mass is 32.2. The van der Waals surface area contributed by atoms with E-state index in [4.69, 9.17) is 4.74 Å². The van der Waals surface area contributed by atoms with E-state index in [0.29, 0.717) is 30.3 Å². The van der Waals surface area contributed by atoms with Gasteiger partial charge in [0, 0.05) is 32.6 Å². The van der Waals surface area contributed by atoms with Crippen molar-refractivity contribution in [1.82, 2.24) is 9.21 Å². The number of fused-ring (bicyclic) bond motifs is 4. The predicted molar refractivity (Wildman–Crippen MR) is 95.1 cm³/mol. The highest BCUT2D eigenvalue weighted by Gasteiger charge is 2.42. The van der Waals surface area contributed by atoms with Gasteiger partial charge in [-0.2, -0.15) is 4.31 Å². The first-order valence-corrected chi connectivity index (χ1v) is 10.1. The molecular formula is C18H26N2O4S. The summed E-state index contributed by atoms with van der Waals surface area (Å²) in [6.45, 7) is 6.88. The smallest absolute Gasteiger partial charge is 0.243 e. The second-order valence-electron chi connectivity index (χ2n) is 7.11. The molecule has 0 radical (unpaired) electrons. The molecule has 25 heavy (non-hydrogen) atoms. The van der Waals surface area contributed by atoms with E-state index in [0.717, 1.165) is 24.0 Å². The van der Waals surface area contributed by atoms with E-state index < -0.39 is 10.0 Å². The molecule has 0 aromatic heterocycles. The van der Waals surface area contributed by atoms with E-state index in [2.05, 4.69) is 0 Å². The molecule has 2 bridgehead atoms. The Balaban J connectivity index is 1.98. The average molecular weight is 366 g/mol. The van der Waals surface area contributed by atoms with Crippen LogP contribution in [0.4, 0.5) is 0 Å². The zero-order chi connectivity index (χ0) is 18.4. The molecule has 3 aliphatic rings. The fourth-order valence-corrected chi connectivity index (χ4v) is 5.99. The van der Waals surface area contributed by atoms with Crippen LogP contribution in [0.25, 0.3) is 0 Å².